The summed E-state index contributed by atoms with van der Waals surface area (Å²) in [6, 6.07) is 16.4. The average molecular weight is 352 g/mol. The highest BCUT2D eigenvalue weighted by Gasteiger charge is 2.41. The van der Waals surface area contributed by atoms with Gasteiger partial charge in [0.15, 0.2) is 6.04 Å². The number of carbonyl (C=O) groups excluding carboxylic acids is 3. The van der Waals surface area contributed by atoms with Crippen LogP contribution in [0.5, 0.6) is 0 Å². The number of rotatable bonds is 6. The first kappa shape index (κ1) is 17.8. The van der Waals surface area contributed by atoms with Gasteiger partial charge in [0.1, 0.15) is 0 Å². The van der Waals surface area contributed by atoms with Crippen LogP contribution in [-0.4, -0.2) is 30.3 Å². The van der Waals surface area contributed by atoms with E-state index in [2.05, 4.69) is 17.4 Å². The monoisotopic (exact) mass is 352 g/mol. The first-order chi connectivity index (χ1) is 12.5. The van der Waals surface area contributed by atoms with Gasteiger partial charge in [0.2, 0.25) is 11.8 Å². The molecule has 3 amide bonds. The lowest BCUT2D eigenvalue weighted by Gasteiger charge is -2.15. The van der Waals surface area contributed by atoms with Gasteiger partial charge in [-0.15, -0.1) is 0 Å². The summed E-state index contributed by atoms with van der Waals surface area (Å²) in [6.07, 6.45) is 1.06. The zero-order valence-electron chi connectivity index (χ0n) is 14.6. The van der Waals surface area contributed by atoms with E-state index in [4.69, 9.17) is 0 Å². The summed E-state index contributed by atoms with van der Waals surface area (Å²) in [5.74, 6) is -0.544. The Hall–Kier alpha value is -2.99. The lowest BCUT2D eigenvalue weighted by atomic mass is 10.1. The van der Waals surface area contributed by atoms with Crippen molar-refractivity contribution in [2.24, 2.45) is 0 Å². The number of hydrogen-bond acceptors (Lipinski definition) is 3. The summed E-state index contributed by atoms with van der Waals surface area (Å²) >= 11 is 0. The molecule has 0 unspecified atom stereocenters. The van der Waals surface area contributed by atoms with Crippen LogP contribution >= 0.6 is 0 Å². The molecule has 1 heterocycles. The zero-order chi connectivity index (χ0) is 18.5. The van der Waals surface area contributed by atoms with E-state index < -0.39 is 0 Å². The van der Waals surface area contributed by atoms with Gasteiger partial charge >= 0.3 is 0 Å². The smallest absolute Gasteiger partial charge is 0.292 e. The van der Waals surface area contributed by atoms with E-state index in [0.717, 1.165) is 13.0 Å². The second-order valence-corrected chi connectivity index (χ2v) is 6.37. The Balaban J connectivity index is 1.60. The zero-order valence-corrected chi connectivity index (χ0v) is 14.6. The normalized spacial score (nSPS) is 16.8. The number of carbonyl (C=O) groups is 3. The van der Waals surface area contributed by atoms with E-state index in [1.165, 1.54) is 17.4 Å². The van der Waals surface area contributed by atoms with E-state index in [1.807, 2.05) is 23.5 Å². The predicted molar refractivity (Wildman–Crippen MR) is 98.6 cm³/mol. The third-order valence-corrected chi connectivity index (χ3v) is 4.35. The minimum Gasteiger partial charge on any atom is -0.335 e. The van der Waals surface area contributed by atoms with Gasteiger partial charge in [0.25, 0.3) is 5.91 Å². The fourth-order valence-electron chi connectivity index (χ4n) is 3.10. The maximum atomic E-state index is 12.6. The third-order valence-electron chi connectivity index (χ3n) is 4.35. The van der Waals surface area contributed by atoms with Crippen molar-refractivity contribution in [2.75, 3.05) is 16.8 Å². The fourth-order valence-corrected chi connectivity index (χ4v) is 3.10. The number of nitrogens with two attached hydrogens (primary N) is 1. The van der Waals surface area contributed by atoms with E-state index >= 15 is 0 Å². The van der Waals surface area contributed by atoms with E-state index in [0.29, 0.717) is 11.4 Å². The van der Waals surface area contributed by atoms with Gasteiger partial charge in [0.05, 0.1) is 18.7 Å². The summed E-state index contributed by atoms with van der Waals surface area (Å²) in [5, 5.41) is 4.61. The topological polar surface area (TPSA) is 83.1 Å². The van der Waals surface area contributed by atoms with Crippen LogP contribution in [0.25, 0.3) is 0 Å². The summed E-state index contributed by atoms with van der Waals surface area (Å²) in [7, 11) is 0. The highest BCUT2D eigenvalue weighted by Crippen LogP contribution is 2.23. The first-order valence-corrected chi connectivity index (χ1v) is 8.66. The lowest BCUT2D eigenvalue weighted by Crippen LogP contribution is -2.92. The molecule has 1 aliphatic rings. The largest absolute Gasteiger partial charge is 0.335 e. The molecule has 0 bridgehead atoms. The Morgan fingerprint density at radius 3 is 2.46 bits per heavy atom. The van der Waals surface area contributed by atoms with Crippen molar-refractivity contribution in [1.29, 1.82) is 0 Å². The summed E-state index contributed by atoms with van der Waals surface area (Å²) in [6.45, 7) is 2.18. The Bertz CT molecular complexity index is 803. The maximum absolute atomic E-state index is 12.6. The van der Waals surface area contributed by atoms with Gasteiger partial charge in [0, 0.05) is 19.0 Å². The molecule has 0 saturated carbocycles. The maximum Gasteiger partial charge on any atom is 0.292 e. The van der Waals surface area contributed by atoms with Crippen LogP contribution < -0.4 is 15.5 Å². The summed E-state index contributed by atoms with van der Waals surface area (Å²) in [4.78, 5) is 37.2. The Morgan fingerprint density at radius 2 is 1.81 bits per heavy atom. The van der Waals surface area contributed by atoms with Crippen molar-refractivity contribution in [2.45, 2.75) is 25.8 Å². The molecule has 3 rings (SSSR count). The van der Waals surface area contributed by atoms with Crippen LogP contribution in [0.15, 0.2) is 54.6 Å². The van der Waals surface area contributed by atoms with Crippen LogP contribution in [0.1, 0.15) is 18.9 Å². The van der Waals surface area contributed by atoms with Crippen LogP contribution in [0.3, 0.4) is 0 Å². The second kappa shape index (κ2) is 7.93. The van der Waals surface area contributed by atoms with E-state index in [1.54, 1.807) is 24.3 Å². The van der Waals surface area contributed by atoms with Gasteiger partial charge in [-0.25, -0.2) is 4.90 Å². The van der Waals surface area contributed by atoms with Gasteiger partial charge in [-0.1, -0.05) is 30.3 Å². The molecule has 6 heteroatoms. The molecule has 2 aromatic rings. The summed E-state index contributed by atoms with van der Waals surface area (Å²) in [5.41, 5.74) is 2.38. The molecule has 1 fully saturated rings. The van der Waals surface area contributed by atoms with Crippen molar-refractivity contribution < 1.29 is 19.7 Å². The molecular formula is C20H22N3O3+. The van der Waals surface area contributed by atoms with Crippen molar-refractivity contribution in [3.63, 3.8) is 0 Å². The highest BCUT2D eigenvalue weighted by molar-refractivity contribution is 6.21. The van der Waals surface area contributed by atoms with Gasteiger partial charge in [-0.2, -0.15) is 0 Å². The van der Waals surface area contributed by atoms with Gasteiger partial charge in [-0.05, 0) is 29.8 Å². The molecule has 1 saturated heterocycles. The minimum absolute atomic E-state index is 0.167. The number of benzene rings is 2. The molecule has 0 spiro atoms. The average Bonchev–Trinajstić information content (AvgIpc) is 2.90. The SMILES string of the molecule is CC(=O)Nc1ccc(N2C(=O)C[C@@H]([NH2+]CCc3ccccc3)C2=O)cc1. The van der Waals surface area contributed by atoms with Crippen LogP contribution in [0.4, 0.5) is 11.4 Å². The van der Waals surface area contributed by atoms with Crippen molar-refractivity contribution in [3.8, 4) is 0 Å². The van der Waals surface area contributed by atoms with Crippen molar-refractivity contribution in [3.05, 3.63) is 60.2 Å². The Kier molecular flexibility index (Phi) is 5.43. The number of amides is 3. The standard InChI is InChI=1S/C20H21N3O3/c1-14(24)22-16-7-9-17(10-8-16)23-19(25)13-18(20(23)26)21-12-11-15-5-3-2-4-6-15/h2-10,18,21H,11-13H2,1H3,(H,22,24)/p+1/t18-/m1/s1. The molecular weight excluding hydrogens is 330 g/mol. The lowest BCUT2D eigenvalue weighted by molar-refractivity contribution is -0.674. The molecule has 134 valence electrons. The van der Waals surface area contributed by atoms with Crippen LogP contribution in [0, 0.1) is 0 Å². The number of anilines is 2. The second-order valence-electron chi connectivity index (χ2n) is 6.37. The Morgan fingerprint density at radius 1 is 1.12 bits per heavy atom. The molecule has 2 aromatic carbocycles. The van der Waals surface area contributed by atoms with Crippen molar-refractivity contribution >= 4 is 29.1 Å². The summed E-state index contributed by atoms with van der Waals surface area (Å²) < 4.78 is 0. The third kappa shape index (κ3) is 4.15. The quantitative estimate of drug-likeness (QED) is 0.763. The molecule has 1 atom stereocenters. The Labute approximate surface area is 152 Å². The molecule has 6 nitrogen and oxygen atoms in total. The van der Waals surface area contributed by atoms with Crippen LogP contribution in [0.2, 0.25) is 0 Å². The predicted octanol–water partition coefficient (Wildman–Crippen LogP) is 1.08. The minimum atomic E-state index is -0.374. The molecule has 1 aliphatic heterocycles. The molecule has 26 heavy (non-hydrogen) atoms. The first-order valence-electron chi connectivity index (χ1n) is 8.66. The van der Waals surface area contributed by atoms with E-state index in [9.17, 15) is 14.4 Å². The molecule has 0 aromatic heterocycles. The number of imide groups is 1. The van der Waals surface area contributed by atoms with Gasteiger partial charge in [-0.3, -0.25) is 14.4 Å². The number of quaternary nitrogens is 1. The van der Waals surface area contributed by atoms with Crippen molar-refractivity contribution in [1.82, 2.24) is 0 Å². The molecule has 3 N–H and O–H groups in total. The number of nitrogens with one attached hydrogen (secondary N) is 1. The van der Waals surface area contributed by atoms with Gasteiger partial charge < -0.3 is 10.6 Å². The highest BCUT2D eigenvalue weighted by atomic mass is 16.2. The fraction of sp³-hybridized carbons (Fsp3) is 0.250. The van der Waals surface area contributed by atoms with Crippen LogP contribution in [-0.2, 0) is 20.8 Å². The number of nitrogens with zero attached hydrogens (tertiary/aromatic N) is 1. The number of hydrogen-bond donors (Lipinski definition) is 2. The van der Waals surface area contributed by atoms with E-state index in [-0.39, 0.29) is 30.2 Å². The molecule has 0 aliphatic carbocycles. The molecule has 0 radical (unpaired) electrons.